The lowest BCUT2D eigenvalue weighted by Gasteiger charge is -2.27. The van der Waals surface area contributed by atoms with Gasteiger partial charge < -0.3 is 9.84 Å². The molecule has 0 bridgehead atoms. The fourth-order valence-corrected chi connectivity index (χ4v) is 4.21. The summed E-state index contributed by atoms with van der Waals surface area (Å²) in [4.78, 5) is 28.0. The molecule has 1 unspecified atom stereocenters. The highest BCUT2D eigenvalue weighted by atomic mass is 35.5. The van der Waals surface area contributed by atoms with Gasteiger partial charge >= 0.3 is 0 Å². The molecule has 32 heavy (non-hydrogen) atoms. The lowest BCUT2D eigenvalue weighted by Crippen LogP contribution is -2.30. The summed E-state index contributed by atoms with van der Waals surface area (Å²) in [7, 11) is 1.46. The minimum atomic E-state index is -0.805. The number of halogens is 1. The second-order valence-corrected chi connectivity index (χ2v) is 8.08. The minimum Gasteiger partial charge on any atom is -0.507 e. The molecule has 1 amide bonds. The van der Waals surface area contributed by atoms with Crippen LogP contribution in [-0.2, 0) is 9.59 Å². The number of anilines is 1. The molecule has 1 N–H and O–H groups in total. The number of aliphatic hydroxyl groups excluding tert-OH is 1. The fraction of sp³-hybridized carbons (Fsp3) is 0.154. The first kappa shape index (κ1) is 21.7. The van der Waals surface area contributed by atoms with Crippen LogP contribution in [0.1, 0.15) is 28.3 Å². The van der Waals surface area contributed by atoms with Crippen molar-refractivity contribution in [2.45, 2.75) is 19.9 Å². The number of carbonyl (C=O) groups is 2. The molecular formula is C26H22ClNO4. The van der Waals surface area contributed by atoms with E-state index in [-0.39, 0.29) is 16.9 Å². The van der Waals surface area contributed by atoms with Gasteiger partial charge in [-0.25, -0.2) is 0 Å². The lowest BCUT2D eigenvalue weighted by atomic mass is 9.94. The van der Waals surface area contributed by atoms with Gasteiger partial charge in [-0.15, -0.1) is 0 Å². The molecule has 1 aliphatic rings. The van der Waals surface area contributed by atoms with Crippen molar-refractivity contribution in [3.05, 3.63) is 99.6 Å². The highest BCUT2D eigenvalue weighted by Crippen LogP contribution is 2.44. The van der Waals surface area contributed by atoms with E-state index in [1.807, 2.05) is 62.4 Å². The van der Waals surface area contributed by atoms with Crippen molar-refractivity contribution in [2.24, 2.45) is 0 Å². The number of amides is 1. The van der Waals surface area contributed by atoms with Gasteiger partial charge in [-0.2, -0.15) is 0 Å². The Morgan fingerprint density at radius 2 is 1.72 bits per heavy atom. The number of carbonyl (C=O) groups excluding carboxylic acids is 2. The standard InChI is InChI=1S/C26H22ClNO4/c1-15-8-7-11-20(16(15)2)28-23(17-9-5-4-6-10-17)22(25(30)26(28)31)24(29)19-14-18(27)12-13-21(19)32-3/h4-14,23,29H,1-3H3/b24-22+. The van der Waals surface area contributed by atoms with Crippen LogP contribution in [0, 0.1) is 13.8 Å². The highest BCUT2D eigenvalue weighted by Gasteiger charge is 2.47. The molecule has 5 nitrogen and oxygen atoms in total. The largest absolute Gasteiger partial charge is 0.507 e. The maximum absolute atomic E-state index is 13.3. The lowest BCUT2D eigenvalue weighted by molar-refractivity contribution is -0.132. The second-order valence-electron chi connectivity index (χ2n) is 7.64. The van der Waals surface area contributed by atoms with E-state index in [4.69, 9.17) is 16.3 Å². The van der Waals surface area contributed by atoms with E-state index >= 15 is 0 Å². The number of aryl methyl sites for hydroxylation is 1. The maximum Gasteiger partial charge on any atom is 0.300 e. The molecule has 6 heteroatoms. The highest BCUT2D eigenvalue weighted by molar-refractivity contribution is 6.52. The molecule has 3 aromatic carbocycles. The van der Waals surface area contributed by atoms with Crippen LogP contribution in [0.25, 0.3) is 5.76 Å². The van der Waals surface area contributed by atoms with Crippen LogP contribution < -0.4 is 9.64 Å². The van der Waals surface area contributed by atoms with Gasteiger partial charge in [0.1, 0.15) is 11.5 Å². The molecule has 0 spiro atoms. The summed E-state index contributed by atoms with van der Waals surface area (Å²) < 4.78 is 5.37. The summed E-state index contributed by atoms with van der Waals surface area (Å²) >= 11 is 6.15. The average Bonchev–Trinajstić information content (AvgIpc) is 3.06. The van der Waals surface area contributed by atoms with Gasteiger partial charge in [0, 0.05) is 10.7 Å². The molecule has 162 valence electrons. The summed E-state index contributed by atoms with van der Waals surface area (Å²) in [5.74, 6) is -1.45. The second kappa shape index (κ2) is 8.52. The Hall–Kier alpha value is -3.57. The van der Waals surface area contributed by atoms with Crippen LogP contribution in [0.3, 0.4) is 0 Å². The van der Waals surface area contributed by atoms with Gasteiger partial charge in [-0.1, -0.05) is 54.1 Å². The van der Waals surface area contributed by atoms with Gasteiger partial charge in [0.15, 0.2) is 0 Å². The van der Waals surface area contributed by atoms with Crippen molar-refractivity contribution >= 4 is 34.7 Å². The third-order valence-corrected chi connectivity index (χ3v) is 6.05. The van der Waals surface area contributed by atoms with E-state index in [1.165, 1.54) is 18.1 Å². The molecule has 1 fully saturated rings. The van der Waals surface area contributed by atoms with Crippen molar-refractivity contribution < 1.29 is 19.4 Å². The number of hydrogen-bond donors (Lipinski definition) is 1. The van der Waals surface area contributed by atoms with Gasteiger partial charge in [0.25, 0.3) is 11.7 Å². The zero-order chi connectivity index (χ0) is 23.0. The van der Waals surface area contributed by atoms with Gasteiger partial charge in [0.2, 0.25) is 0 Å². The van der Waals surface area contributed by atoms with E-state index in [0.717, 1.165) is 11.1 Å². The Labute approximate surface area is 191 Å². The molecule has 1 aliphatic heterocycles. The summed E-state index contributed by atoms with van der Waals surface area (Å²) in [5.41, 5.74) is 3.44. The van der Waals surface area contributed by atoms with Crippen LogP contribution >= 0.6 is 11.6 Å². The Morgan fingerprint density at radius 1 is 1.00 bits per heavy atom. The van der Waals surface area contributed by atoms with Crippen LogP contribution in [0.2, 0.25) is 5.02 Å². The number of rotatable bonds is 4. The first-order valence-corrected chi connectivity index (χ1v) is 10.5. The number of benzene rings is 3. The average molecular weight is 448 g/mol. The van der Waals surface area contributed by atoms with Crippen LogP contribution in [0.5, 0.6) is 5.75 Å². The Bertz CT molecular complexity index is 1250. The van der Waals surface area contributed by atoms with E-state index in [1.54, 1.807) is 12.1 Å². The smallest absolute Gasteiger partial charge is 0.300 e. The number of nitrogens with zero attached hydrogens (tertiary/aromatic N) is 1. The van der Waals surface area contributed by atoms with Crippen LogP contribution in [0.15, 0.2) is 72.3 Å². The Balaban J connectivity index is 2.01. The van der Waals surface area contributed by atoms with E-state index in [0.29, 0.717) is 22.0 Å². The Kier molecular flexibility index (Phi) is 5.76. The summed E-state index contributed by atoms with van der Waals surface area (Å²) in [6.07, 6.45) is 0. The summed E-state index contributed by atoms with van der Waals surface area (Å²) in [5, 5.41) is 11.7. The normalized spacial score (nSPS) is 17.6. The molecule has 0 aromatic heterocycles. The quantitative estimate of drug-likeness (QED) is 0.321. The predicted octanol–water partition coefficient (Wildman–Crippen LogP) is 5.59. The van der Waals surface area contributed by atoms with Crippen molar-refractivity contribution in [3.63, 3.8) is 0 Å². The number of hydrogen-bond acceptors (Lipinski definition) is 4. The molecule has 4 rings (SSSR count). The Morgan fingerprint density at radius 3 is 2.41 bits per heavy atom. The third-order valence-electron chi connectivity index (χ3n) is 5.81. The number of methoxy groups -OCH3 is 1. The molecule has 3 aromatic rings. The van der Waals surface area contributed by atoms with E-state index in [9.17, 15) is 14.7 Å². The molecule has 0 aliphatic carbocycles. The van der Waals surface area contributed by atoms with Crippen molar-refractivity contribution in [2.75, 3.05) is 12.0 Å². The summed E-state index contributed by atoms with van der Waals surface area (Å²) in [6, 6.07) is 18.7. The molecule has 1 saturated heterocycles. The first-order valence-electron chi connectivity index (χ1n) is 10.1. The predicted molar refractivity (Wildman–Crippen MR) is 125 cm³/mol. The topological polar surface area (TPSA) is 66.8 Å². The van der Waals surface area contributed by atoms with Crippen LogP contribution in [-0.4, -0.2) is 23.9 Å². The molecule has 1 heterocycles. The summed E-state index contributed by atoms with van der Waals surface area (Å²) in [6.45, 7) is 3.86. The number of ether oxygens (including phenoxy) is 1. The van der Waals surface area contributed by atoms with E-state index < -0.39 is 17.7 Å². The van der Waals surface area contributed by atoms with Crippen LogP contribution in [0.4, 0.5) is 5.69 Å². The molecular weight excluding hydrogens is 426 g/mol. The number of Topliss-reactive ketones (excluding diaryl/α,β-unsaturated/α-hetero) is 1. The third kappa shape index (κ3) is 3.55. The number of ketones is 1. The molecule has 1 atom stereocenters. The van der Waals surface area contributed by atoms with Gasteiger partial charge in [-0.3, -0.25) is 14.5 Å². The minimum absolute atomic E-state index is 0.0114. The van der Waals surface area contributed by atoms with E-state index in [2.05, 4.69) is 0 Å². The fourth-order valence-electron chi connectivity index (χ4n) is 4.04. The first-order chi connectivity index (χ1) is 15.3. The zero-order valence-electron chi connectivity index (χ0n) is 17.9. The van der Waals surface area contributed by atoms with Crippen molar-refractivity contribution in [1.29, 1.82) is 0 Å². The zero-order valence-corrected chi connectivity index (χ0v) is 18.7. The van der Waals surface area contributed by atoms with Crippen molar-refractivity contribution in [3.8, 4) is 5.75 Å². The SMILES string of the molecule is COc1ccc(Cl)cc1/C(O)=C1\C(=O)C(=O)N(c2cccc(C)c2C)C1c1ccccc1. The maximum atomic E-state index is 13.3. The van der Waals surface area contributed by atoms with Crippen molar-refractivity contribution in [1.82, 2.24) is 0 Å². The van der Waals surface area contributed by atoms with Gasteiger partial charge in [0.05, 0.1) is 24.3 Å². The molecule has 0 radical (unpaired) electrons. The molecule has 0 saturated carbocycles. The van der Waals surface area contributed by atoms with Gasteiger partial charge in [-0.05, 0) is 54.8 Å². The monoisotopic (exact) mass is 447 g/mol. The number of aliphatic hydroxyl groups is 1.